The number of aryl methyl sites for hydroxylation is 2. The molecule has 116 valence electrons. The molecule has 0 atom stereocenters. The lowest BCUT2D eigenvalue weighted by Gasteiger charge is -2.12. The van der Waals surface area contributed by atoms with E-state index in [1.165, 1.54) is 0 Å². The van der Waals surface area contributed by atoms with E-state index in [0.717, 1.165) is 22.4 Å². The van der Waals surface area contributed by atoms with Gasteiger partial charge in [-0.1, -0.05) is 48.5 Å². The maximum Gasteiger partial charge on any atom is 0.315 e. The van der Waals surface area contributed by atoms with Gasteiger partial charge in [-0.3, -0.25) is 0 Å². The number of hydrogen-bond acceptors (Lipinski definition) is 2. The number of nitrogens with one attached hydrogen (secondary N) is 2. The van der Waals surface area contributed by atoms with Crippen molar-refractivity contribution in [2.24, 2.45) is 0 Å². The van der Waals surface area contributed by atoms with Crippen molar-refractivity contribution in [2.45, 2.75) is 20.4 Å². The van der Waals surface area contributed by atoms with Crippen molar-refractivity contribution in [1.82, 2.24) is 10.6 Å². The third kappa shape index (κ3) is 4.81. The van der Waals surface area contributed by atoms with E-state index in [-0.39, 0.29) is 6.03 Å². The Morgan fingerprint density at radius 1 is 0.955 bits per heavy atom. The van der Waals surface area contributed by atoms with Crippen LogP contribution in [0, 0.1) is 13.8 Å². The third-order valence-electron chi connectivity index (χ3n) is 3.34. The molecule has 0 fully saturated rings. The average molecular weight is 298 g/mol. The Balaban J connectivity index is 1.67. The van der Waals surface area contributed by atoms with Gasteiger partial charge in [0.25, 0.3) is 0 Å². The molecule has 0 bridgehead atoms. The summed E-state index contributed by atoms with van der Waals surface area (Å²) in [7, 11) is 0. The average Bonchev–Trinajstić information content (AvgIpc) is 2.53. The Bertz CT molecular complexity index is 591. The maximum atomic E-state index is 11.7. The molecule has 2 rings (SSSR count). The van der Waals surface area contributed by atoms with E-state index in [4.69, 9.17) is 4.74 Å². The van der Waals surface area contributed by atoms with Crippen LogP contribution in [-0.2, 0) is 6.54 Å². The van der Waals surface area contributed by atoms with Gasteiger partial charge in [-0.2, -0.15) is 0 Å². The quantitative estimate of drug-likeness (QED) is 0.805. The van der Waals surface area contributed by atoms with Gasteiger partial charge in [-0.15, -0.1) is 0 Å². The smallest absolute Gasteiger partial charge is 0.315 e. The van der Waals surface area contributed by atoms with Crippen LogP contribution in [0.2, 0.25) is 0 Å². The lowest BCUT2D eigenvalue weighted by Crippen LogP contribution is -2.37. The van der Waals surface area contributed by atoms with Gasteiger partial charge in [-0.25, -0.2) is 4.79 Å². The summed E-state index contributed by atoms with van der Waals surface area (Å²) >= 11 is 0. The van der Waals surface area contributed by atoms with Crippen LogP contribution in [0.4, 0.5) is 4.79 Å². The third-order valence-corrected chi connectivity index (χ3v) is 3.34. The van der Waals surface area contributed by atoms with E-state index in [1.807, 2.05) is 62.4 Å². The molecule has 2 N–H and O–H groups in total. The van der Waals surface area contributed by atoms with Crippen molar-refractivity contribution >= 4 is 6.03 Å². The number of carbonyl (C=O) groups is 1. The molecular weight excluding hydrogens is 276 g/mol. The Kier molecular flexibility index (Phi) is 5.83. The second-order valence-electron chi connectivity index (χ2n) is 5.16. The van der Waals surface area contributed by atoms with Gasteiger partial charge in [0.2, 0.25) is 0 Å². The lowest BCUT2D eigenvalue weighted by atomic mass is 10.1. The Morgan fingerprint density at radius 3 is 2.32 bits per heavy atom. The van der Waals surface area contributed by atoms with Gasteiger partial charge in [0, 0.05) is 6.54 Å². The number of hydrogen-bond donors (Lipinski definition) is 2. The number of rotatable bonds is 6. The molecule has 2 aromatic rings. The predicted molar refractivity (Wildman–Crippen MR) is 88.1 cm³/mol. The van der Waals surface area contributed by atoms with Gasteiger partial charge in [0.1, 0.15) is 12.4 Å². The summed E-state index contributed by atoms with van der Waals surface area (Å²) < 4.78 is 5.74. The first kappa shape index (κ1) is 15.9. The summed E-state index contributed by atoms with van der Waals surface area (Å²) in [5, 5.41) is 5.60. The fraction of sp³-hybridized carbons (Fsp3) is 0.278. The van der Waals surface area contributed by atoms with Crippen LogP contribution in [0.25, 0.3) is 0 Å². The number of urea groups is 1. The summed E-state index contributed by atoms with van der Waals surface area (Å²) in [6.45, 7) is 5.47. The van der Waals surface area contributed by atoms with E-state index >= 15 is 0 Å². The topological polar surface area (TPSA) is 50.4 Å². The van der Waals surface area contributed by atoms with Crippen LogP contribution in [0.15, 0.2) is 48.5 Å². The second kappa shape index (κ2) is 8.08. The molecule has 4 nitrogen and oxygen atoms in total. The van der Waals surface area contributed by atoms with Gasteiger partial charge in [-0.05, 0) is 30.5 Å². The van der Waals surface area contributed by atoms with E-state index < -0.39 is 0 Å². The maximum absolute atomic E-state index is 11.7. The van der Waals surface area contributed by atoms with Gasteiger partial charge in [0.05, 0.1) is 6.54 Å². The van der Waals surface area contributed by atoms with E-state index in [1.54, 1.807) is 0 Å². The highest BCUT2D eigenvalue weighted by Gasteiger charge is 2.04. The van der Waals surface area contributed by atoms with Gasteiger partial charge in [0.15, 0.2) is 0 Å². The summed E-state index contributed by atoms with van der Waals surface area (Å²) in [4.78, 5) is 11.7. The largest absolute Gasteiger partial charge is 0.491 e. The summed E-state index contributed by atoms with van der Waals surface area (Å²) in [5.41, 5.74) is 3.28. The summed E-state index contributed by atoms with van der Waals surface area (Å²) in [6, 6.07) is 15.7. The highest BCUT2D eigenvalue weighted by atomic mass is 16.5. The molecule has 0 aromatic heterocycles. The highest BCUT2D eigenvalue weighted by molar-refractivity contribution is 5.73. The Hall–Kier alpha value is -2.49. The van der Waals surface area contributed by atoms with Crippen LogP contribution in [0.5, 0.6) is 5.75 Å². The van der Waals surface area contributed by atoms with Gasteiger partial charge >= 0.3 is 6.03 Å². The molecule has 4 heteroatoms. The molecule has 0 aliphatic rings. The van der Waals surface area contributed by atoms with E-state index in [0.29, 0.717) is 19.7 Å². The molecule has 0 unspecified atom stereocenters. The second-order valence-corrected chi connectivity index (χ2v) is 5.16. The number of carbonyl (C=O) groups excluding carboxylic acids is 1. The highest BCUT2D eigenvalue weighted by Crippen LogP contribution is 2.21. The van der Waals surface area contributed by atoms with Crippen LogP contribution < -0.4 is 15.4 Å². The fourth-order valence-corrected chi connectivity index (χ4v) is 2.19. The molecule has 0 saturated carbocycles. The molecule has 2 aromatic carbocycles. The molecule has 0 heterocycles. The first-order chi connectivity index (χ1) is 10.7. The normalized spacial score (nSPS) is 10.1. The van der Waals surface area contributed by atoms with Crippen molar-refractivity contribution in [1.29, 1.82) is 0 Å². The number of benzene rings is 2. The van der Waals surface area contributed by atoms with Crippen LogP contribution in [0.3, 0.4) is 0 Å². The molecule has 0 spiro atoms. The molecule has 22 heavy (non-hydrogen) atoms. The number of amides is 2. The Labute approximate surface area is 131 Å². The van der Waals surface area contributed by atoms with Crippen LogP contribution >= 0.6 is 0 Å². The van der Waals surface area contributed by atoms with Crippen LogP contribution in [-0.4, -0.2) is 19.2 Å². The minimum Gasteiger partial charge on any atom is -0.491 e. The zero-order valence-electron chi connectivity index (χ0n) is 13.1. The van der Waals surface area contributed by atoms with E-state index in [9.17, 15) is 4.79 Å². The molecule has 2 amide bonds. The van der Waals surface area contributed by atoms with Crippen molar-refractivity contribution in [3.8, 4) is 5.75 Å². The standard InChI is InChI=1S/C18H22N2O2/c1-14-7-6-8-15(2)17(14)22-12-11-19-18(21)20-13-16-9-4-3-5-10-16/h3-10H,11-13H2,1-2H3,(H2,19,20,21). The van der Waals surface area contributed by atoms with Crippen molar-refractivity contribution in [2.75, 3.05) is 13.2 Å². The van der Waals surface area contributed by atoms with Crippen molar-refractivity contribution in [3.63, 3.8) is 0 Å². The van der Waals surface area contributed by atoms with E-state index in [2.05, 4.69) is 10.6 Å². The number of para-hydroxylation sites is 1. The SMILES string of the molecule is Cc1cccc(C)c1OCCNC(=O)NCc1ccccc1. The Morgan fingerprint density at radius 2 is 1.64 bits per heavy atom. The fourth-order valence-electron chi connectivity index (χ4n) is 2.19. The van der Waals surface area contributed by atoms with Crippen LogP contribution in [0.1, 0.15) is 16.7 Å². The molecule has 0 aliphatic carbocycles. The lowest BCUT2D eigenvalue weighted by molar-refractivity contribution is 0.236. The van der Waals surface area contributed by atoms with Crippen molar-refractivity contribution < 1.29 is 9.53 Å². The first-order valence-electron chi connectivity index (χ1n) is 7.41. The van der Waals surface area contributed by atoms with Gasteiger partial charge < -0.3 is 15.4 Å². The monoisotopic (exact) mass is 298 g/mol. The molecule has 0 aliphatic heterocycles. The summed E-state index contributed by atoms with van der Waals surface area (Å²) in [6.07, 6.45) is 0. The zero-order chi connectivity index (χ0) is 15.8. The van der Waals surface area contributed by atoms with Crippen molar-refractivity contribution in [3.05, 3.63) is 65.2 Å². The molecular formula is C18H22N2O2. The zero-order valence-corrected chi connectivity index (χ0v) is 13.1. The molecule has 0 radical (unpaired) electrons. The summed E-state index contributed by atoms with van der Waals surface area (Å²) in [5.74, 6) is 0.897. The minimum atomic E-state index is -0.186. The molecule has 0 saturated heterocycles. The first-order valence-corrected chi connectivity index (χ1v) is 7.41. The predicted octanol–water partition coefficient (Wildman–Crippen LogP) is 3.18. The number of ether oxygens (including phenoxy) is 1. The minimum absolute atomic E-state index is 0.186.